The summed E-state index contributed by atoms with van der Waals surface area (Å²) in [5.74, 6) is 6.44. The van der Waals surface area contributed by atoms with E-state index in [-0.39, 0.29) is 12.4 Å². The molecule has 4 heteroatoms. The molecule has 0 saturated heterocycles. The fourth-order valence-electron chi connectivity index (χ4n) is 1.80. The summed E-state index contributed by atoms with van der Waals surface area (Å²) in [6.07, 6.45) is 0. The molecule has 2 rings (SSSR count). The Morgan fingerprint density at radius 3 is 2.81 bits per heavy atom. The molecule has 0 heterocycles. The predicted octanol–water partition coefficient (Wildman–Crippen LogP) is 2.72. The van der Waals surface area contributed by atoms with Gasteiger partial charge >= 0.3 is 0 Å². The van der Waals surface area contributed by atoms with E-state index in [4.69, 9.17) is 15.2 Å². The largest absolute Gasteiger partial charge is 0.497 e. The van der Waals surface area contributed by atoms with Crippen LogP contribution in [0.25, 0.3) is 0 Å². The van der Waals surface area contributed by atoms with Crippen LogP contribution in [0, 0.1) is 17.7 Å². The number of hydrogen-bond donors (Lipinski definition) is 1. The topological polar surface area (TPSA) is 44.5 Å². The van der Waals surface area contributed by atoms with E-state index in [2.05, 4.69) is 11.8 Å². The lowest BCUT2D eigenvalue weighted by Gasteiger charge is -2.09. The lowest BCUT2D eigenvalue weighted by molar-refractivity contribution is 0.304. The number of ether oxygens (including phenoxy) is 2. The predicted molar refractivity (Wildman–Crippen MR) is 79.7 cm³/mol. The third-order valence-electron chi connectivity index (χ3n) is 2.80. The Morgan fingerprint density at radius 1 is 1.19 bits per heavy atom. The summed E-state index contributed by atoms with van der Waals surface area (Å²) in [6.45, 7) is 0.561. The van der Waals surface area contributed by atoms with Crippen LogP contribution in [-0.2, 0) is 6.61 Å². The van der Waals surface area contributed by atoms with Crippen LogP contribution >= 0.6 is 0 Å². The number of halogens is 1. The van der Waals surface area contributed by atoms with Gasteiger partial charge in [0.1, 0.15) is 23.9 Å². The fraction of sp³-hybridized carbons (Fsp3) is 0.176. The Kier molecular flexibility index (Phi) is 5.19. The molecule has 0 atom stereocenters. The summed E-state index contributed by atoms with van der Waals surface area (Å²) in [5.41, 5.74) is 6.78. The van der Waals surface area contributed by atoms with E-state index >= 15 is 0 Å². The summed E-state index contributed by atoms with van der Waals surface area (Å²) in [6, 6.07) is 11.8. The molecule has 0 unspecified atom stereocenters. The number of nitrogens with two attached hydrogens (primary N) is 1. The first-order valence-electron chi connectivity index (χ1n) is 6.47. The van der Waals surface area contributed by atoms with Gasteiger partial charge in [-0.25, -0.2) is 4.39 Å². The maximum atomic E-state index is 13.3. The van der Waals surface area contributed by atoms with Gasteiger partial charge in [0, 0.05) is 0 Å². The van der Waals surface area contributed by atoms with Gasteiger partial charge in [0.25, 0.3) is 0 Å². The second kappa shape index (κ2) is 7.32. The van der Waals surface area contributed by atoms with Gasteiger partial charge in [-0.05, 0) is 35.9 Å². The van der Waals surface area contributed by atoms with Gasteiger partial charge in [0.15, 0.2) is 0 Å². The molecule has 3 nitrogen and oxygen atoms in total. The van der Waals surface area contributed by atoms with Crippen molar-refractivity contribution in [3.05, 3.63) is 59.4 Å². The average molecular weight is 285 g/mol. The van der Waals surface area contributed by atoms with Crippen LogP contribution in [0.15, 0.2) is 42.5 Å². The van der Waals surface area contributed by atoms with Crippen LogP contribution in [0.5, 0.6) is 11.5 Å². The number of benzene rings is 2. The molecule has 0 radical (unpaired) electrons. The Labute approximate surface area is 123 Å². The van der Waals surface area contributed by atoms with Crippen LogP contribution in [0.1, 0.15) is 11.1 Å². The van der Waals surface area contributed by atoms with E-state index in [1.807, 2.05) is 24.3 Å². The highest BCUT2D eigenvalue weighted by Gasteiger charge is 2.04. The third-order valence-corrected chi connectivity index (χ3v) is 2.80. The molecule has 2 aromatic carbocycles. The Bertz CT molecular complexity index is 674. The van der Waals surface area contributed by atoms with Gasteiger partial charge in [0.05, 0.1) is 19.2 Å². The molecule has 108 valence electrons. The third kappa shape index (κ3) is 4.23. The molecule has 0 aliphatic carbocycles. The van der Waals surface area contributed by atoms with Crippen molar-refractivity contribution in [2.75, 3.05) is 13.7 Å². The SMILES string of the molecule is COc1cccc(COc2ccc(F)cc2C#CCN)c1. The number of hydrogen-bond acceptors (Lipinski definition) is 3. The Hall–Kier alpha value is -2.51. The van der Waals surface area contributed by atoms with Crippen molar-refractivity contribution in [2.45, 2.75) is 6.61 Å². The lowest BCUT2D eigenvalue weighted by atomic mass is 10.2. The van der Waals surface area contributed by atoms with Crippen molar-refractivity contribution in [2.24, 2.45) is 5.73 Å². The molecular formula is C17H16FNO2. The van der Waals surface area contributed by atoms with E-state index in [0.29, 0.717) is 17.9 Å². The molecular weight excluding hydrogens is 269 g/mol. The summed E-state index contributed by atoms with van der Waals surface area (Å²) in [5, 5.41) is 0. The number of methoxy groups -OCH3 is 1. The zero-order valence-corrected chi connectivity index (χ0v) is 11.7. The minimum absolute atomic E-state index is 0.214. The summed E-state index contributed by atoms with van der Waals surface area (Å²) >= 11 is 0. The lowest BCUT2D eigenvalue weighted by Crippen LogP contribution is -1.99. The normalized spacial score (nSPS) is 9.67. The zero-order chi connectivity index (χ0) is 15.1. The molecule has 2 N–H and O–H groups in total. The summed E-state index contributed by atoms with van der Waals surface area (Å²) in [7, 11) is 1.61. The van der Waals surface area contributed by atoms with Crippen molar-refractivity contribution in [1.29, 1.82) is 0 Å². The molecule has 0 aromatic heterocycles. The maximum Gasteiger partial charge on any atom is 0.135 e. The van der Waals surface area contributed by atoms with Crippen LogP contribution < -0.4 is 15.2 Å². The number of rotatable bonds is 4. The monoisotopic (exact) mass is 285 g/mol. The minimum atomic E-state index is -0.356. The van der Waals surface area contributed by atoms with Gasteiger partial charge in [-0.15, -0.1) is 0 Å². The standard InChI is InChI=1S/C17H16FNO2/c1-20-16-6-2-4-13(10-16)12-21-17-8-7-15(18)11-14(17)5-3-9-19/h2,4,6-8,10-11H,9,12,19H2,1H3. The smallest absolute Gasteiger partial charge is 0.135 e. The van der Waals surface area contributed by atoms with Crippen LogP contribution in [-0.4, -0.2) is 13.7 Å². The van der Waals surface area contributed by atoms with Gasteiger partial charge in [-0.2, -0.15) is 0 Å². The second-order valence-electron chi connectivity index (χ2n) is 4.29. The van der Waals surface area contributed by atoms with Crippen molar-refractivity contribution in [1.82, 2.24) is 0 Å². The van der Waals surface area contributed by atoms with Crippen molar-refractivity contribution in [3.63, 3.8) is 0 Å². The first-order chi connectivity index (χ1) is 10.2. The van der Waals surface area contributed by atoms with Crippen LogP contribution in [0.4, 0.5) is 4.39 Å². The summed E-state index contributed by atoms with van der Waals surface area (Å²) in [4.78, 5) is 0. The highest BCUT2D eigenvalue weighted by atomic mass is 19.1. The molecule has 0 amide bonds. The highest BCUT2D eigenvalue weighted by molar-refractivity contribution is 5.46. The summed E-state index contributed by atoms with van der Waals surface area (Å²) < 4.78 is 24.1. The van der Waals surface area contributed by atoms with Gasteiger partial charge in [0.2, 0.25) is 0 Å². The minimum Gasteiger partial charge on any atom is -0.497 e. The molecule has 21 heavy (non-hydrogen) atoms. The van der Waals surface area contributed by atoms with Crippen LogP contribution in [0.3, 0.4) is 0 Å². The van der Waals surface area contributed by atoms with E-state index < -0.39 is 0 Å². The van der Waals surface area contributed by atoms with Crippen molar-refractivity contribution in [3.8, 4) is 23.3 Å². The molecule has 0 saturated carbocycles. The van der Waals surface area contributed by atoms with E-state index in [0.717, 1.165) is 11.3 Å². The molecule has 0 bridgehead atoms. The highest BCUT2D eigenvalue weighted by Crippen LogP contribution is 2.21. The average Bonchev–Trinajstić information content (AvgIpc) is 2.52. The van der Waals surface area contributed by atoms with Gasteiger partial charge in [-0.3, -0.25) is 0 Å². The fourth-order valence-corrected chi connectivity index (χ4v) is 1.80. The maximum absolute atomic E-state index is 13.3. The molecule has 0 aliphatic rings. The van der Waals surface area contributed by atoms with E-state index in [1.54, 1.807) is 13.2 Å². The zero-order valence-electron chi connectivity index (χ0n) is 11.7. The molecule has 0 fully saturated rings. The van der Waals surface area contributed by atoms with Crippen molar-refractivity contribution >= 4 is 0 Å². The first kappa shape index (κ1) is 14.9. The Morgan fingerprint density at radius 2 is 2.05 bits per heavy atom. The molecule has 2 aromatic rings. The second-order valence-corrected chi connectivity index (χ2v) is 4.29. The van der Waals surface area contributed by atoms with Crippen LogP contribution in [0.2, 0.25) is 0 Å². The first-order valence-corrected chi connectivity index (χ1v) is 6.47. The molecule has 0 aliphatic heterocycles. The molecule has 0 spiro atoms. The quantitative estimate of drug-likeness (QED) is 0.878. The van der Waals surface area contributed by atoms with Crippen molar-refractivity contribution < 1.29 is 13.9 Å². The van der Waals surface area contributed by atoms with E-state index in [1.165, 1.54) is 12.1 Å². The van der Waals surface area contributed by atoms with Gasteiger partial charge < -0.3 is 15.2 Å². The Balaban J connectivity index is 2.15. The van der Waals surface area contributed by atoms with Gasteiger partial charge in [-0.1, -0.05) is 24.0 Å². The van der Waals surface area contributed by atoms with E-state index in [9.17, 15) is 4.39 Å².